The molecule has 0 aliphatic carbocycles. The molecule has 1 heterocycles. The lowest BCUT2D eigenvalue weighted by atomic mass is 10.4. The molecule has 3 nitrogen and oxygen atoms in total. The predicted molar refractivity (Wildman–Crippen MR) is 31.1 cm³/mol. The summed E-state index contributed by atoms with van der Waals surface area (Å²) in [7, 11) is 0. The summed E-state index contributed by atoms with van der Waals surface area (Å²) in [6, 6.07) is 0. The number of rotatable bonds is 2. The molecule has 0 N–H and O–H groups in total. The lowest BCUT2D eigenvalue weighted by Gasteiger charge is -2.10. The van der Waals surface area contributed by atoms with Gasteiger partial charge in [0.25, 0.3) is 6.43 Å². The van der Waals surface area contributed by atoms with Crippen LogP contribution in [0.5, 0.6) is 0 Å². The maximum Gasteiger partial charge on any atom is 0.257 e. The second-order valence-electron chi connectivity index (χ2n) is 1.95. The molecule has 0 saturated carbocycles. The van der Waals surface area contributed by atoms with Crippen LogP contribution in [0.1, 0.15) is 0 Å². The Labute approximate surface area is 56.3 Å². The zero-order valence-electron chi connectivity index (χ0n) is 5.13. The molecule has 0 aromatic carbocycles. The quantitative estimate of drug-likeness (QED) is 0.557. The number of halogens is 2. The average molecular weight is 148 g/mol. The van der Waals surface area contributed by atoms with E-state index in [1.807, 2.05) is 0 Å². The van der Waals surface area contributed by atoms with Crippen molar-refractivity contribution in [3.05, 3.63) is 0 Å². The standard InChI is InChI=1S/C5H6F2N2O/c6-5(7)3-9-2-4(10)1-8-9/h1,5H,2-3H2. The van der Waals surface area contributed by atoms with E-state index in [0.717, 1.165) is 11.2 Å². The lowest BCUT2D eigenvalue weighted by molar-refractivity contribution is -0.112. The topological polar surface area (TPSA) is 32.7 Å². The summed E-state index contributed by atoms with van der Waals surface area (Å²) in [5.41, 5.74) is 0. The van der Waals surface area contributed by atoms with Crippen LogP contribution < -0.4 is 0 Å². The van der Waals surface area contributed by atoms with Crippen molar-refractivity contribution in [3.8, 4) is 0 Å². The van der Waals surface area contributed by atoms with Gasteiger partial charge in [0.05, 0.1) is 12.8 Å². The van der Waals surface area contributed by atoms with Gasteiger partial charge in [-0.2, -0.15) is 5.10 Å². The monoisotopic (exact) mass is 148 g/mol. The second-order valence-corrected chi connectivity index (χ2v) is 1.95. The summed E-state index contributed by atoms with van der Waals surface area (Å²) in [4.78, 5) is 10.4. The maximum atomic E-state index is 11.6. The fraction of sp³-hybridized carbons (Fsp3) is 0.600. The first kappa shape index (κ1) is 7.11. The first-order valence-corrected chi connectivity index (χ1v) is 2.78. The van der Waals surface area contributed by atoms with Crippen LogP contribution >= 0.6 is 0 Å². The number of carbonyl (C=O) groups is 1. The summed E-state index contributed by atoms with van der Waals surface area (Å²) in [5, 5.41) is 4.48. The molecule has 0 bridgehead atoms. The summed E-state index contributed by atoms with van der Waals surface area (Å²) in [6.07, 6.45) is -1.37. The van der Waals surface area contributed by atoms with Gasteiger partial charge in [-0.05, 0) is 0 Å². The Hall–Kier alpha value is -1.00. The van der Waals surface area contributed by atoms with Gasteiger partial charge in [-0.1, -0.05) is 0 Å². The van der Waals surface area contributed by atoms with Crippen molar-refractivity contribution in [2.45, 2.75) is 6.43 Å². The Kier molecular flexibility index (Phi) is 1.94. The van der Waals surface area contributed by atoms with E-state index < -0.39 is 13.0 Å². The highest BCUT2D eigenvalue weighted by Gasteiger charge is 2.16. The molecular formula is C5H6F2N2O. The summed E-state index contributed by atoms with van der Waals surface area (Å²) in [5.74, 6) is -0.222. The van der Waals surface area contributed by atoms with Crippen LogP contribution in [0.2, 0.25) is 0 Å². The molecule has 1 aliphatic heterocycles. The normalized spacial score (nSPS) is 17.5. The van der Waals surface area contributed by atoms with E-state index in [0.29, 0.717) is 0 Å². The van der Waals surface area contributed by atoms with Gasteiger partial charge in [-0.3, -0.25) is 9.80 Å². The van der Waals surface area contributed by atoms with Crippen molar-refractivity contribution in [1.82, 2.24) is 5.01 Å². The number of hydrazone groups is 1. The fourth-order valence-electron chi connectivity index (χ4n) is 0.679. The third kappa shape index (κ3) is 1.75. The van der Waals surface area contributed by atoms with Crippen LogP contribution in [0.3, 0.4) is 0 Å². The summed E-state index contributed by atoms with van der Waals surface area (Å²) >= 11 is 0. The molecule has 0 atom stereocenters. The highest BCUT2D eigenvalue weighted by molar-refractivity contribution is 6.29. The van der Waals surface area contributed by atoms with Crippen molar-refractivity contribution in [3.63, 3.8) is 0 Å². The van der Waals surface area contributed by atoms with E-state index in [-0.39, 0.29) is 12.3 Å². The summed E-state index contributed by atoms with van der Waals surface area (Å²) in [6.45, 7) is -0.466. The van der Waals surface area contributed by atoms with Crippen LogP contribution in [0.15, 0.2) is 5.10 Å². The van der Waals surface area contributed by atoms with Crippen molar-refractivity contribution >= 4 is 12.0 Å². The van der Waals surface area contributed by atoms with Crippen molar-refractivity contribution < 1.29 is 13.6 Å². The molecule has 10 heavy (non-hydrogen) atoms. The number of alkyl halides is 2. The molecule has 1 rings (SSSR count). The number of carbonyl (C=O) groups excluding carboxylic acids is 1. The van der Waals surface area contributed by atoms with Crippen LogP contribution in [0, 0.1) is 0 Å². The third-order valence-electron chi connectivity index (χ3n) is 1.05. The molecule has 1 aliphatic rings. The minimum Gasteiger partial charge on any atom is -0.291 e. The highest BCUT2D eigenvalue weighted by atomic mass is 19.3. The number of hydrogen-bond acceptors (Lipinski definition) is 3. The Morgan fingerprint density at radius 2 is 2.50 bits per heavy atom. The van der Waals surface area contributed by atoms with Gasteiger partial charge >= 0.3 is 0 Å². The van der Waals surface area contributed by atoms with Gasteiger partial charge in [-0.15, -0.1) is 0 Å². The molecule has 5 heteroatoms. The van der Waals surface area contributed by atoms with Gasteiger partial charge in [0, 0.05) is 0 Å². The van der Waals surface area contributed by atoms with Gasteiger partial charge in [0.2, 0.25) is 0 Å². The van der Waals surface area contributed by atoms with Crippen molar-refractivity contribution in [1.29, 1.82) is 0 Å². The number of ketones is 1. The van der Waals surface area contributed by atoms with E-state index in [9.17, 15) is 13.6 Å². The van der Waals surface area contributed by atoms with E-state index >= 15 is 0 Å². The number of hydrogen-bond donors (Lipinski definition) is 0. The zero-order valence-corrected chi connectivity index (χ0v) is 5.13. The van der Waals surface area contributed by atoms with E-state index in [1.54, 1.807) is 0 Å². The SMILES string of the molecule is O=C1C=NN(CC(F)F)C1. The largest absolute Gasteiger partial charge is 0.291 e. The predicted octanol–water partition coefficient (Wildman–Crippen LogP) is 0.122. The molecule has 0 aromatic heterocycles. The molecule has 0 radical (unpaired) electrons. The Bertz CT molecular complexity index is 169. The fourth-order valence-corrected chi connectivity index (χ4v) is 0.679. The third-order valence-corrected chi connectivity index (χ3v) is 1.05. The highest BCUT2D eigenvalue weighted by Crippen LogP contribution is 2.01. The van der Waals surface area contributed by atoms with E-state index in [1.165, 1.54) is 0 Å². The Morgan fingerprint density at radius 3 is 2.90 bits per heavy atom. The van der Waals surface area contributed by atoms with Crippen LogP contribution in [0.25, 0.3) is 0 Å². The Balaban J connectivity index is 2.33. The molecule has 0 aromatic rings. The minimum absolute atomic E-state index is 0.00958. The first-order valence-electron chi connectivity index (χ1n) is 2.78. The van der Waals surface area contributed by atoms with Crippen molar-refractivity contribution in [2.24, 2.45) is 5.10 Å². The molecule has 0 saturated heterocycles. The van der Waals surface area contributed by atoms with E-state index in [4.69, 9.17) is 0 Å². The van der Waals surface area contributed by atoms with E-state index in [2.05, 4.69) is 5.10 Å². The molecule has 0 amide bonds. The molecular weight excluding hydrogens is 142 g/mol. The summed E-state index contributed by atoms with van der Waals surface area (Å²) < 4.78 is 23.2. The minimum atomic E-state index is -2.43. The van der Waals surface area contributed by atoms with Gasteiger partial charge in [0.1, 0.15) is 6.54 Å². The van der Waals surface area contributed by atoms with Gasteiger partial charge < -0.3 is 0 Å². The first-order chi connectivity index (χ1) is 4.68. The second kappa shape index (κ2) is 2.72. The van der Waals surface area contributed by atoms with Crippen LogP contribution in [0.4, 0.5) is 8.78 Å². The average Bonchev–Trinajstić information content (AvgIpc) is 2.13. The molecule has 56 valence electrons. The van der Waals surface area contributed by atoms with Crippen molar-refractivity contribution in [2.75, 3.05) is 13.1 Å². The Morgan fingerprint density at radius 1 is 1.80 bits per heavy atom. The maximum absolute atomic E-state index is 11.6. The smallest absolute Gasteiger partial charge is 0.257 e. The number of Topliss-reactive ketones (excluding diaryl/α,β-unsaturated/α-hetero) is 1. The molecule has 0 unspecified atom stereocenters. The zero-order chi connectivity index (χ0) is 7.56. The molecule has 0 spiro atoms. The van der Waals surface area contributed by atoms with Crippen LogP contribution in [-0.4, -0.2) is 36.5 Å². The van der Waals surface area contributed by atoms with Crippen LogP contribution in [-0.2, 0) is 4.79 Å². The molecule has 0 fully saturated rings. The van der Waals surface area contributed by atoms with Gasteiger partial charge in [-0.25, -0.2) is 8.78 Å². The number of nitrogens with zero attached hydrogens (tertiary/aromatic N) is 2. The lowest BCUT2D eigenvalue weighted by Crippen LogP contribution is -2.23. The van der Waals surface area contributed by atoms with Gasteiger partial charge in [0.15, 0.2) is 5.78 Å².